The maximum atomic E-state index is 12.6. The number of hydrogen-bond acceptors (Lipinski definition) is 3. The lowest BCUT2D eigenvalue weighted by Gasteiger charge is -2.28. The number of carbonyl (C=O) groups is 1. The van der Waals surface area contributed by atoms with E-state index in [0.29, 0.717) is 13.0 Å². The standard InChI is InChI=1S/C21H26N2O2/c1-3-4-10-18(2)23(16-14-20-13-8-9-15-22-20)21(24)25-17-19-11-6-5-7-12-19/h3,5-9,11-13,15,18H,1,4,10,14,16-17H2,2H3. The highest BCUT2D eigenvalue weighted by Gasteiger charge is 2.21. The third-order valence-electron chi connectivity index (χ3n) is 4.10. The first-order valence-electron chi connectivity index (χ1n) is 8.69. The molecule has 0 bridgehead atoms. The molecule has 4 heteroatoms. The van der Waals surface area contributed by atoms with Gasteiger partial charge in [-0.25, -0.2) is 4.79 Å². The number of rotatable bonds is 9. The van der Waals surface area contributed by atoms with Gasteiger partial charge in [0.15, 0.2) is 0 Å². The van der Waals surface area contributed by atoms with Crippen molar-refractivity contribution in [3.05, 3.63) is 78.6 Å². The molecule has 1 atom stereocenters. The Morgan fingerprint density at radius 3 is 2.68 bits per heavy atom. The minimum Gasteiger partial charge on any atom is -0.445 e. The molecule has 0 radical (unpaired) electrons. The van der Waals surface area contributed by atoms with Crippen LogP contribution in [0.15, 0.2) is 67.4 Å². The summed E-state index contributed by atoms with van der Waals surface area (Å²) in [7, 11) is 0. The Balaban J connectivity index is 1.96. The molecule has 2 aromatic rings. The van der Waals surface area contributed by atoms with Crippen LogP contribution < -0.4 is 0 Å². The second-order valence-electron chi connectivity index (χ2n) is 6.02. The van der Waals surface area contributed by atoms with Crippen molar-refractivity contribution in [2.45, 2.75) is 38.8 Å². The number of amides is 1. The smallest absolute Gasteiger partial charge is 0.410 e. The summed E-state index contributed by atoms with van der Waals surface area (Å²) in [5.41, 5.74) is 1.96. The summed E-state index contributed by atoms with van der Waals surface area (Å²) in [6, 6.07) is 15.6. The Labute approximate surface area is 150 Å². The van der Waals surface area contributed by atoms with Crippen molar-refractivity contribution in [2.24, 2.45) is 0 Å². The first-order chi connectivity index (χ1) is 12.2. The van der Waals surface area contributed by atoms with Crippen LogP contribution in [-0.2, 0) is 17.8 Å². The molecule has 132 valence electrons. The van der Waals surface area contributed by atoms with E-state index < -0.39 is 0 Å². The third kappa shape index (κ3) is 6.42. The predicted molar refractivity (Wildman–Crippen MR) is 100 cm³/mol. The quantitative estimate of drug-likeness (QED) is 0.627. The van der Waals surface area contributed by atoms with E-state index in [4.69, 9.17) is 4.74 Å². The Morgan fingerprint density at radius 2 is 2.00 bits per heavy atom. The van der Waals surface area contributed by atoms with Gasteiger partial charge in [0.25, 0.3) is 0 Å². The van der Waals surface area contributed by atoms with Gasteiger partial charge in [-0.2, -0.15) is 0 Å². The van der Waals surface area contributed by atoms with Crippen molar-refractivity contribution in [1.29, 1.82) is 0 Å². The van der Waals surface area contributed by atoms with Gasteiger partial charge in [0.1, 0.15) is 6.61 Å². The van der Waals surface area contributed by atoms with Crippen LogP contribution in [0.3, 0.4) is 0 Å². The van der Waals surface area contributed by atoms with Gasteiger partial charge in [-0.1, -0.05) is 42.5 Å². The summed E-state index contributed by atoms with van der Waals surface area (Å²) in [5.74, 6) is 0. The maximum Gasteiger partial charge on any atom is 0.410 e. The highest BCUT2D eigenvalue weighted by molar-refractivity contribution is 5.68. The van der Waals surface area contributed by atoms with Crippen LogP contribution in [0.4, 0.5) is 4.79 Å². The van der Waals surface area contributed by atoms with Crippen molar-refractivity contribution in [1.82, 2.24) is 9.88 Å². The van der Waals surface area contributed by atoms with Crippen molar-refractivity contribution in [3.63, 3.8) is 0 Å². The highest BCUT2D eigenvalue weighted by Crippen LogP contribution is 2.12. The fourth-order valence-corrected chi connectivity index (χ4v) is 2.59. The topological polar surface area (TPSA) is 42.4 Å². The molecule has 0 N–H and O–H groups in total. The molecule has 25 heavy (non-hydrogen) atoms. The number of nitrogens with zero attached hydrogens (tertiary/aromatic N) is 2. The molecule has 0 saturated heterocycles. The molecule has 2 rings (SSSR count). The second kappa shape index (κ2) is 10.3. The van der Waals surface area contributed by atoms with Gasteiger partial charge in [-0.05, 0) is 37.5 Å². The van der Waals surface area contributed by atoms with E-state index in [0.717, 1.165) is 24.1 Å². The van der Waals surface area contributed by atoms with Gasteiger partial charge < -0.3 is 9.64 Å². The van der Waals surface area contributed by atoms with E-state index >= 15 is 0 Å². The van der Waals surface area contributed by atoms with E-state index in [1.165, 1.54) is 0 Å². The third-order valence-corrected chi connectivity index (χ3v) is 4.10. The lowest BCUT2D eigenvalue weighted by atomic mass is 10.1. The normalized spacial score (nSPS) is 11.6. The van der Waals surface area contributed by atoms with Crippen molar-refractivity contribution in [2.75, 3.05) is 6.54 Å². The number of allylic oxidation sites excluding steroid dienone is 1. The Bertz CT molecular complexity index is 643. The highest BCUT2D eigenvalue weighted by atomic mass is 16.6. The molecular weight excluding hydrogens is 312 g/mol. The molecule has 1 heterocycles. The minimum absolute atomic E-state index is 0.0879. The maximum absolute atomic E-state index is 12.6. The molecular formula is C21H26N2O2. The zero-order valence-corrected chi connectivity index (χ0v) is 14.8. The molecule has 4 nitrogen and oxygen atoms in total. The molecule has 0 aliphatic carbocycles. The largest absolute Gasteiger partial charge is 0.445 e. The summed E-state index contributed by atoms with van der Waals surface area (Å²) in [6.45, 7) is 6.68. The molecule has 1 amide bonds. The lowest BCUT2D eigenvalue weighted by Crippen LogP contribution is -2.40. The molecule has 0 aliphatic heterocycles. The Morgan fingerprint density at radius 1 is 1.24 bits per heavy atom. The van der Waals surface area contributed by atoms with Crippen LogP contribution in [0.2, 0.25) is 0 Å². The van der Waals surface area contributed by atoms with Crippen LogP contribution in [0.5, 0.6) is 0 Å². The van der Waals surface area contributed by atoms with Crippen molar-refractivity contribution >= 4 is 6.09 Å². The van der Waals surface area contributed by atoms with Crippen LogP contribution in [0, 0.1) is 0 Å². The number of benzene rings is 1. The monoisotopic (exact) mass is 338 g/mol. The van der Waals surface area contributed by atoms with Crippen LogP contribution in [0.25, 0.3) is 0 Å². The number of aromatic nitrogens is 1. The molecule has 0 spiro atoms. The van der Waals surface area contributed by atoms with Gasteiger partial charge in [0.2, 0.25) is 0 Å². The van der Waals surface area contributed by atoms with E-state index in [1.54, 1.807) is 11.1 Å². The minimum atomic E-state index is -0.281. The number of ether oxygens (including phenoxy) is 1. The van der Waals surface area contributed by atoms with Gasteiger partial charge in [0, 0.05) is 30.9 Å². The number of hydrogen-bond donors (Lipinski definition) is 0. The molecule has 1 unspecified atom stereocenters. The molecule has 0 fully saturated rings. The molecule has 0 saturated carbocycles. The van der Waals surface area contributed by atoms with Crippen LogP contribution in [0.1, 0.15) is 31.0 Å². The average molecular weight is 338 g/mol. The Kier molecular flexibility index (Phi) is 7.70. The Hall–Kier alpha value is -2.62. The zero-order chi connectivity index (χ0) is 17.9. The van der Waals surface area contributed by atoms with Gasteiger partial charge in [-0.3, -0.25) is 4.98 Å². The van der Waals surface area contributed by atoms with Crippen LogP contribution in [-0.4, -0.2) is 28.6 Å². The van der Waals surface area contributed by atoms with Gasteiger partial charge in [0.05, 0.1) is 0 Å². The van der Waals surface area contributed by atoms with Gasteiger partial charge in [-0.15, -0.1) is 6.58 Å². The first kappa shape index (κ1) is 18.7. The SMILES string of the molecule is C=CCCC(C)N(CCc1ccccn1)C(=O)OCc1ccccc1. The summed E-state index contributed by atoms with van der Waals surface area (Å²) in [4.78, 5) is 18.7. The molecule has 1 aromatic carbocycles. The van der Waals surface area contributed by atoms with E-state index in [-0.39, 0.29) is 18.7 Å². The zero-order valence-electron chi connectivity index (χ0n) is 14.8. The fraction of sp³-hybridized carbons (Fsp3) is 0.333. The molecule has 1 aromatic heterocycles. The lowest BCUT2D eigenvalue weighted by molar-refractivity contribution is 0.0820. The van der Waals surface area contributed by atoms with Gasteiger partial charge >= 0.3 is 6.09 Å². The van der Waals surface area contributed by atoms with E-state index in [1.807, 2.05) is 61.5 Å². The second-order valence-corrected chi connectivity index (χ2v) is 6.02. The van der Waals surface area contributed by atoms with Crippen molar-refractivity contribution < 1.29 is 9.53 Å². The summed E-state index contributed by atoms with van der Waals surface area (Å²) in [5, 5.41) is 0. The predicted octanol–water partition coefficient (Wildman–Crippen LogP) is 4.62. The van der Waals surface area contributed by atoms with E-state index in [2.05, 4.69) is 11.6 Å². The number of carbonyl (C=O) groups excluding carboxylic acids is 1. The van der Waals surface area contributed by atoms with Crippen molar-refractivity contribution in [3.8, 4) is 0 Å². The van der Waals surface area contributed by atoms with Crippen LogP contribution >= 0.6 is 0 Å². The molecule has 0 aliphatic rings. The number of pyridine rings is 1. The first-order valence-corrected chi connectivity index (χ1v) is 8.69. The summed E-state index contributed by atoms with van der Waals surface area (Å²) < 4.78 is 5.52. The fourth-order valence-electron chi connectivity index (χ4n) is 2.59. The summed E-state index contributed by atoms with van der Waals surface area (Å²) >= 11 is 0. The summed E-state index contributed by atoms with van der Waals surface area (Å²) in [6.07, 6.45) is 5.81. The average Bonchev–Trinajstić information content (AvgIpc) is 2.66. The van der Waals surface area contributed by atoms with E-state index in [9.17, 15) is 4.79 Å².